The summed E-state index contributed by atoms with van der Waals surface area (Å²) >= 11 is 0. The summed E-state index contributed by atoms with van der Waals surface area (Å²) in [5.74, 6) is -0.172. The molecule has 228 valence electrons. The monoisotopic (exact) mass is 570 g/mol. The minimum Gasteiger partial charge on any atom is -0.462 e. The van der Waals surface area contributed by atoms with Gasteiger partial charge in [0.2, 0.25) is 0 Å². The molecular formula is C34H50O7. The molecule has 41 heavy (non-hydrogen) atoms. The maximum absolute atomic E-state index is 12.7. The van der Waals surface area contributed by atoms with E-state index < -0.39 is 18.3 Å². The molecule has 3 N–H and O–H groups in total. The minimum atomic E-state index is -1.04. The molecule has 7 nitrogen and oxygen atoms in total. The maximum Gasteiger partial charge on any atom is 0.331 e. The van der Waals surface area contributed by atoms with Gasteiger partial charge in [-0.2, -0.15) is 0 Å². The summed E-state index contributed by atoms with van der Waals surface area (Å²) in [7, 11) is 0. The van der Waals surface area contributed by atoms with Gasteiger partial charge >= 0.3 is 11.9 Å². The first kappa shape index (κ1) is 34.5. The third kappa shape index (κ3) is 13.6. The van der Waals surface area contributed by atoms with Crippen molar-refractivity contribution in [2.75, 3.05) is 0 Å². The number of allylic oxidation sites excluding steroid dienone is 9. The Morgan fingerprint density at radius 1 is 1.10 bits per heavy atom. The summed E-state index contributed by atoms with van der Waals surface area (Å²) in [5.41, 5.74) is 2.97. The number of rotatable bonds is 10. The molecule has 0 aromatic rings. The van der Waals surface area contributed by atoms with Gasteiger partial charge in [-0.3, -0.25) is 4.79 Å². The lowest BCUT2D eigenvalue weighted by Crippen LogP contribution is -2.27. The van der Waals surface area contributed by atoms with Crippen molar-refractivity contribution in [1.82, 2.24) is 0 Å². The van der Waals surface area contributed by atoms with Crippen LogP contribution >= 0.6 is 0 Å². The summed E-state index contributed by atoms with van der Waals surface area (Å²) in [6.07, 6.45) is 18.5. The molecule has 0 aromatic heterocycles. The third-order valence-corrected chi connectivity index (χ3v) is 7.43. The number of aliphatic hydroxyl groups is 3. The zero-order valence-corrected chi connectivity index (χ0v) is 25.4. The molecular weight excluding hydrogens is 520 g/mol. The Balaban J connectivity index is 1.92. The predicted molar refractivity (Wildman–Crippen MR) is 162 cm³/mol. The SMILES string of the molecule is CC(/C=C/C=C1C=C(/C=C/C(=O)OC2CCCC(=O)OC(C(C)C)C/C=C\CC2C)CC/1)=C\C(O)C(O)CC(C)O. The molecule has 1 aliphatic carbocycles. The van der Waals surface area contributed by atoms with E-state index in [1.807, 2.05) is 31.2 Å². The number of aliphatic hydroxyl groups excluding tert-OH is 3. The number of ether oxygens (including phenoxy) is 2. The van der Waals surface area contributed by atoms with E-state index in [1.54, 1.807) is 19.1 Å². The molecule has 7 heteroatoms. The second kappa shape index (κ2) is 17.9. The van der Waals surface area contributed by atoms with E-state index in [9.17, 15) is 24.9 Å². The average molecular weight is 571 g/mol. The third-order valence-electron chi connectivity index (χ3n) is 7.43. The van der Waals surface area contributed by atoms with Crippen molar-refractivity contribution < 1.29 is 34.4 Å². The van der Waals surface area contributed by atoms with Gasteiger partial charge in [-0.15, -0.1) is 0 Å². The second-order valence-corrected chi connectivity index (χ2v) is 11.8. The largest absolute Gasteiger partial charge is 0.462 e. The van der Waals surface area contributed by atoms with E-state index in [2.05, 4.69) is 32.9 Å². The fourth-order valence-electron chi connectivity index (χ4n) is 4.83. The van der Waals surface area contributed by atoms with E-state index in [0.29, 0.717) is 25.7 Å². The number of hydrogen-bond donors (Lipinski definition) is 3. The number of carbonyl (C=O) groups excluding carboxylic acids is 2. The van der Waals surface area contributed by atoms with Crippen LogP contribution in [0.3, 0.4) is 0 Å². The lowest BCUT2D eigenvalue weighted by Gasteiger charge is -2.24. The smallest absolute Gasteiger partial charge is 0.331 e. The summed E-state index contributed by atoms with van der Waals surface area (Å²) < 4.78 is 11.5. The van der Waals surface area contributed by atoms with Crippen LogP contribution in [0.4, 0.5) is 0 Å². The molecule has 1 aliphatic heterocycles. The molecule has 2 rings (SSSR count). The fraction of sp³-hybridized carbons (Fsp3) is 0.588. The normalized spacial score (nSPS) is 27.3. The first-order valence-electron chi connectivity index (χ1n) is 15.0. The quantitative estimate of drug-likeness (QED) is 0.131. The molecule has 0 spiro atoms. The van der Waals surface area contributed by atoms with Crippen molar-refractivity contribution in [2.45, 2.75) is 117 Å². The highest BCUT2D eigenvalue weighted by atomic mass is 16.5. The van der Waals surface area contributed by atoms with Crippen molar-refractivity contribution in [3.8, 4) is 0 Å². The Labute approximate surface area is 246 Å². The van der Waals surface area contributed by atoms with Gasteiger partial charge in [-0.05, 0) is 68.9 Å². The number of cyclic esters (lactones) is 1. The van der Waals surface area contributed by atoms with E-state index in [4.69, 9.17) is 9.47 Å². The summed E-state index contributed by atoms with van der Waals surface area (Å²) in [6.45, 7) is 9.61. The minimum absolute atomic E-state index is 0.106. The molecule has 0 amide bonds. The number of carbonyl (C=O) groups is 2. The number of esters is 2. The summed E-state index contributed by atoms with van der Waals surface area (Å²) in [4.78, 5) is 25.0. The van der Waals surface area contributed by atoms with Gasteiger partial charge in [0.25, 0.3) is 0 Å². The molecule has 1 heterocycles. The van der Waals surface area contributed by atoms with Gasteiger partial charge in [-0.1, -0.05) is 75.0 Å². The van der Waals surface area contributed by atoms with Crippen molar-refractivity contribution in [3.63, 3.8) is 0 Å². The standard InChI is InChI=1S/C34H50O7/c1-23(2)31-13-7-6-11-25(4)32(14-9-15-33(38)40-31)41-34(39)19-18-28-17-16-27(22-28)12-8-10-24(3)20-29(36)30(37)21-26(5)35/h6-8,10,12,18-20,22-23,25-26,29-32,35-37H,9,11,13-17,21H2,1-5H3/b7-6-,10-8+,19-18+,24-20+,27-12+. The topological polar surface area (TPSA) is 113 Å². The van der Waals surface area contributed by atoms with E-state index in [1.165, 1.54) is 6.08 Å². The van der Waals surface area contributed by atoms with Gasteiger partial charge in [-0.25, -0.2) is 4.79 Å². The zero-order valence-electron chi connectivity index (χ0n) is 25.4. The molecule has 0 radical (unpaired) electrons. The van der Waals surface area contributed by atoms with Crippen LogP contribution in [-0.2, 0) is 19.1 Å². The molecule has 0 saturated carbocycles. The second-order valence-electron chi connectivity index (χ2n) is 11.8. The number of hydrogen-bond acceptors (Lipinski definition) is 7. The Morgan fingerprint density at radius 3 is 2.54 bits per heavy atom. The molecule has 0 saturated heterocycles. The van der Waals surface area contributed by atoms with Crippen LogP contribution in [-0.4, -0.2) is 57.8 Å². The van der Waals surface area contributed by atoms with Crippen LogP contribution in [0.1, 0.15) is 86.0 Å². The average Bonchev–Trinajstić information content (AvgIpc) is 3.34. The fourth-order valence-corrected chi connectivity index (χ4v) is 4.83. The lowest BCUT2D eigenvalue weighted by atomic mass is 9.94. The first-order valence-corrected chi connectivity index (χ1v) is 15.0. The van der Waals surface area contributed by atoms with Gasteiger partial charge in [0.15, 0.2) is 0 Å². The van der Waals surface area contributed by atoms with Crippen LogP contribution in [0, 0.1) is 11.8 Å². The highest BCUT2D eigenvalue weighted by molar-refractivity contribution is 5.82. The van der Waals surface area contributed by atoms with Crippen molar-refractivity contribution in [2.24, 2.45) is 11.8 Å². The molecule has 0 bridgehead atoms. The van der Waals surface area contributed by atoms with Gasteiger partial charge in [0.1, 0.15) is 12.2 Å². The van der Waals surface area contributed by atoms with Crippen LogP contribution in [0.2, 0.25) is 0 Å². The molecule has 6 atom stereocenters. The summed E-state index contributed by atoms with van der Waals surface area (Å²) in [6, 6.07) is 0. The summed E-state index contributed by atoms with van der Waals surface area (Å²) in [5, 5.41) is 29.3. The van der Waals surface area contributed by atoms with Crippen LogP contribution in [0.5, 0.6) is 0 Å². The molecule has 6 unspecified atom stereocenters. The Hall–Kier alpha value is -2.74. The molecule has 2 aliphatic rings. The molecule has 0 fully saturated rings. The van der Waals surface area contributed by atoms with Gasteiger partial charge < -0.3 is 24.8 Å². The van der Waals surface area contributed by atoms with E-state index in [-0.39, 0.29) is 42.4 Å². The van der Waals surface area contributed by atoms with Gasteiger partial charge in [0.05, 0.1) is 18.3 Å². The first-order chi connectivity index (χ1) is 19.4. The maximum atomic E-state index is 12.7. The highest BCUT2D eigenvalue weighted by Gasteiger charge is 2.23. The Bertz CT molecular complexity index is 1030. The van der Waals surface area contributed by atoms with Crippen LogP contribution in [0.15, 0.2) is 71.4 Å². The predicted octanol–water partition coefficient (Wildman–Crippen LogP) is 5.82. The Morgan fingerprint density at radius 2 is 1.83 bits per heavy atom. The molecule has 0 aromatic carbocycles. The van der Waals surface area contributed by atoms with E-state index >= 15 is 0 Å². The van der Waals surface area contributed by atoms with E-state index in [0.717, 1.165) is 36.0 Å². The van der Waals surface area contributed by atoms with Crippen molar-refractivity contribution in [1.29, 1.82) is 0 Å². The Kier molecular flexibility index (Phi) is 15.1. The lowest BCUT2D eigenvalue weighted by molar-refractivity contribution is -0.151. The zero-order chi connectivity index (χ0) is 30.4. The van der Waals surface area contributed by atoms with Gasteiger partial charge in [0, 0.05) is 25.3 Å². The van der Waals surface area contributed by atoms with Crippen molar-refractivity contribution >= 4 is 11.9 Å². The van der Waals surface area contributed by atoms with Crippen LogP contribution < -0.4 is 0 Å². The highest BCUT2D eigenvalue weighted by Crippen LogP contribution is 2.25. The van der Waals surface area contributed by atoms with Crippen molar-refractivity contribution in [3.05, 3.63) is 71.4 Å². The van der Waals surface area contributed by atoms with Crippen LogP contribution in [0.25, 0.3) is 0 Å².